The molecule has 0 spiro atoms. The summed E-state index contributed by atoms with van der Waals surface area (Å²) in [6.45, 7) is 2.48. The zero-order valence-corrected chi connectivity index (χ0v) is 17.1. The molecule has 3 N–H and O–H groups in total. The number of H-pyrrole nitrogens is 1. The summed E-state index contributed by atoms with van der Waals surface area (Å²) >= 11 is 0. The van der Waals surface area contributed by atoms with Gasteiger partial charge in [0.15, 0.2) is 0 Å². The first kappa shape index (κ1) is 23.3. The highest BCUT2D eigenvalue weighted by Gasteiger charge is 2.36. The molecule has 3 atom stereocenters. The Bertz CT molecular complexity index is 927. The van der Waals surface area contributed by atoms with E-state index in [1.165, 1.54) is 25.0 Å². The third-order valence-electron chi connectivity index (χ3n) is 4.46. The molecule has 1 aromatic rings. The number of aromatic amines is 1. The highest BCUT2D eigenvalue weighted by molar-refractivity contribution is 5.94. The maximum Gasteiger partial charge on any atom is 0.330 e. The van der Waals surface area contributed by atoms with Crippen molar-refractivity contribution < 1.29 is 23.8 Å². The Balaban J connectivity index is 2.08. The van der Waals surface area contributed by atoms with E-state index in [2.05, 4.69) is 27.5 Å². The average molecular weight is 422 g/mol. The molecule has 11 nitrogen and oxygen atoms in total. The summed E-state index contributed by atoms with van der Waals surface area (Å²) in [7, 11) is 3.07. The minimum absolute atomic E-state index is 0.0585. The Morgan fingerprint density at radius 2 is 2.03 bits per heavy atom. The van der Waals surface area contributed by atoms with E-state index < -0.39 is 23.4 Å². The van der Waals surface area contributed by atoms with Crippen LogP contribution in [-0.4, -0.2) is 67.5 Å². The molecule has 1 fully saturated rings. The maximum atomic E-state index is 12.2. The van der Waals surface area contributed by atoms with Gasteiger partial charge in [0.2, 0.25) is 5.91 Å². The average Bonchev–Trinajstić information content (AvgIpc) is 3.13. The van der Waals surface area contributed by atoms with Crippen LogP contribution in [0.2, 0.25) is 0 Å². The Morgan fingerprint density at radius 3 is 2.70 bits per heavy atom. The van der Waals surface area contributed by atoms with Crippen LogP contribution in [0.5, 0.6) is 0 Å². The quantitative estimate of drug-likeness (QED) is 0.341. The van der Waals surface area contributed by atoms with Crippen LogP contribution < -0.4 is 21.9 Å². The van der Waals surface area contributed by atoms with Gasteiger partial charge in [0.05, 0.1) is 12.7 Å². The number of carbonyl (C=O) groups excluding carboxylic acids is 2. The van der Waals surface area contributed by atoms with Crippen molar-refractivity contribution in [2.45, 2.75) is 38.2 Å². The Morgan fingerprint density at radius 1 is 1.30 bits per heavy atom. The van der Waals surface area contributed by atoms with Crippen molar-refractivity contribution in [3.05, 3.63) is 32.6 Å². The van der Waals surface area contributed by atoms with Crippen molar-refractivity contribution in [2.24, 2.45) is 0 Å². The predicted octanol–water partition coefficient (Wildman–Crippen LogP) is -1.52. The fourth-order valence-electron chi connectivity index (χ4n) is 2.89. The first-order valence-corrected chi connectivity index (χ1v) is 9.48. The van der Waals surface area contributed by atoms with Crippen LogP contribution in [0.3, 0.4) is 0 Å². The lowest BCUT2D eigenvalue weighted by molar-refractivity contribution is -0.121. The lowest BCUT2D eigenvalue weighted by Gasteiger charge is -2.16. The molecule has 1 saturated heterocycles. The number of nitrogens with zero attached hydrogens (tertiary/aromatic N) is 1. The monoisotopic (exact) mass is 422 g/mol. The number of methoxy groups -OCH3 is 2. The lowest BCUT2D eigenvalue weighted by atomic mass is 10.2. The minimum atomic E-state index is -0.707. The maximum absolute atomic E-state index is 12.2. The molecule has 2 amide bonds. The molecular weight excluding hydrogens is 396 g/mol. The first-order valence-electron chi connectivity index (χ1n) is 9.48. The number of hydrogen-bond acceptors (Lipinski definition) is 7. The molecule has 1 aliphatic heterocycles. The van der Waals surface area contributed by atoms with Crippen LogP contribution in [0.1, 0.15) is 31.6 Å². The number of hydrogen-bond donors (Lipinski definition) is 3. The van der Waals surface area contributed by atoms with Gasteiger partial charge in [0, 0.05) is 52.3 Å². The van der Waals surface area contributed by atoms with Crippen LogP contribution in [0.4, 0.5) is 0 Å². The summed E-state index contributed by atoms with van der Waals surface area (Å²) in [5, 5.41) is 5.11. The summed E-state index contributed by atoms with van der Waals surface area (Å²) < 4.78 is 17.5. The van der Waals surface area contributed by atoms with Crippen LogP contribution in [0.15, 0.2) is 15.8 Å². The molecule has 11 heteroatoms. The molecule has 164 valence electrons. The van der Waals surface area contributed by atoms with Gasteiger partial charge < -0.3 is 24.8 Å². The van der Waals surface area contributed by atoms with E-state index in [0.29, 0.717) is 19.4 Å². The van der Waals surface area contributed by atoms with Crippen LogP contribution in [-0.2, 0) is 23.8 Å². The number of carbonyl (C=O) groups is 2. The van der Waals surface area contributed by atoms with Gasteiger partial charge in [0.25, 0.3) is 11.5 Å². The van der Waals surface area contributed by atoms with E-state index in [1.807, 2.05) is 0 Å². The zero-order valence-electron chi connectivity index (χ0n) is 17.1. The molecule has 0 bridgehead atoms. The molecule has 0 saturated carbocycles. The van der Waals surface area contributed by atoms with Crippen LogP contribution >= 0.6 is 0 Å². The SMILES string of the molecule is CCC(=O)NCCNC(=O)C#Cc1cn([C@H]2C[C@@H](OC)C(COC)O2)c(=O)[nH]c1=O. The second-order valence-electron chi connectivity index (χ2n) is 6.51. The van der Waals surface area contributed by atoms with E-state index in [0.717, 1.165) is 0 Å². The van der Waals surface area contributed by atoms with E-state index in [9.17, 15) is 19.2 Å². The van der Waals surface area contributed by atoms with Gasteiger partial charge in [-0.15, -0.1) is 0 Å². The number of amides is 2. The third kappa shape index (κ3) is 6.28. The fourth-order valence-corrected chi connectivity index (χ4v) is 2.89. The highest BCUT2D eigenvalue weighted by atomic mass is 16.6. The molecule has 2 heterocycles. The Kier molecular flexibility index (Phi) is 8.79. The van der Waals surface area contributed by atoms with Crippen LogP contribution in [0, 0.1) is 11.8 Å². The second kappa shape index (κ2) is 11.3. The number of aromatic nitrogens is 2. The molecule has 1 aliphatic rings. The van der Waals surface area contributed by atoms with E-state index in [-0.39, 0.29) is 36.8 Å². The topological polar surface area (TPSA) is 141 Å². The van der Waals surface area contributed by atoms with Gasteiger partial charge in [-0.3, -0.25) is 23.9 Å². The molecule has 30 heavy (non-hydrogen) atoms. The summed E-state index contributed by atoms with van der Waals surface area (Å²) in [4.78, 5) is 49.4. The van der Waals surface area contributed by atoms with E-state index in [4.69, 9.17) is 14.2 Å². The molecule has 2 rings (SSSR count). The van der Waals surface area contributed by atoms with Gasteiger partial charge in [-0.1, -0.05) is 6.92 Å². The highest BCUT2D eigenvalue weighted by Crippen LogP contribution is 2.29. The normalized spacial score (nSPS) is 20.3. The van der Waals surface area contributed by atoms with Crippen LogP contribution in [0.25, 0.3) is 0 Å². The first-order chi connectivity index (χ1) is 14.4. The van der Waals surface area contributed by atoms with Gasteiger partial charge >= 0.3 is 5.69 Å². The van der Waals surface area contributed by atoms with Crippen molar-refractivity contribution in [1.29, 1.82) is 0 Å². The van der Waals surface area contributed by atoms with E-state index >= 15 is 0 Å². The van der Waals surface area contributed by atoms with Gasteiger partial charge in [-0.25, -0.2) is 4.79 Å². The molecule has 0 aliphatic carbocycles. The molecule has 1 aromatic heterocycles. The van der Waals surface area contributed by atoms with Crippen molar-refractivity contribution in [2.75, 3.05) is 33.9 Å². The summed E-state index contributed by atoms with van der Waals surface area (Å²) in [5.41, 5.74) is -1.42. The number of ether oxygens (including phenoxy) is 3. The zero-order chi connectivity index (χ0) is 22.1. The summed E-state index contributed by atoms with van der Waals surface area (Å²) in [5.74, 6) is 4.02. The molecule has 0 radical (unpaired) electrons. The standard InChI is InChI=1S/C19H26N4O7/c1-4-15(24)20-7-8-21-16(25)6-5-12-10-23(19(27)22-18(12)26)17-9-13(29-3)14(30-17)11-28-2/h10,13-14,17H,4,7-9,11H2,1-3H3,(H,20,24)(H,21,25)(H,22,26,27)/t13-,14?,17-/m1/s1. The lowest BCUT2D eigenvalue weighted by Crippen LogP contribution is -2.34. The number of rotatable bonds is 8. The van der Waals surface area contributed by atoms with Gasteiger partial charge in [-0.2, -0.15) is 0 Å². The van der Waals surface area contributed by atoms with Crippen molar-refractivity contribution in [1.82, 2.24) is 20.2 Å². The smallest absolute Gasteiger partial charge is 0.330 e. The van der Waals surface area contributed by atoms with E-state index in [1.54, 1.807) is 6.92 Å². The second-order valence-corrected chi connectivity index (χ2v) is 6.51. The number of nitrogens with one attached hydrogen (secondary N) is 3. The third-order valence-corrected chi connectivity index (χ3v) is 4.46. The minimum Gasteiger partial charge on any atom is -0.382 e. The van der Waals surface area contributed by atoms with Crippen molar-refractivity contribution in [3.63, 3.8) is 0 Å². The molecular formula is C19H26N4O7. The Hall–Kier alpha value is -2.94. The fraction of sp³-hybridized carbons (Fsp3) is 0.579. The largest absolute Gasteiger partial charge is 0.382 e. The van der Waals surface area contributed by atoms with Gasteiger partial charge in [-0.05, 0) is 5.92 Å². The van der Waals surface area contributed by atoms with Gasteiger partial charge in [0.1, 0.15) is 17.9 Å². The molecule has 1 unspecified atom stereocenters. The summed E-state index contributed by atoms with van der Waals surface area (Å²) in [6, 6.07) is 0. The summed E-state index contributed by atoms with van der Waals surface area (Å²) in [6.07, 6.45) is 0.688. The van der Waals surface area contributed by atoms with Crippen molar-refractivity contribution >= 4 is 11.8 Å². The predicted molar refractivity (Wildman–Crippen MR) is 106 cm³/mol. The Labute approximate surface area is 173 Å². The molecule has 0 aromatic carbocycles. The van der Waals surface area contributed by atoms with Crippen molar-refractivity contribution in [3.8, 4) is 11.8 Å².